The molecule has 1 heterocycles. The highest BCUT2D eigenvalue weighted by Gasteiger charge is 2.28. The zero-order valence-electron chi connectivity index (χ0n) is 16.6. The van der Waals surface area contributed by atoms with Crippen molar-refractivity contribution in [2.45, 2.75) is 45.2 Å². The Balaban J connectivity index is 1.69. The van der Waals surface area contributed by atoms with Gasteiger partial charge in [0.1, 0.15) is 5.82 Å². The van der Waals surface area contributed by atoms with Gasteiger partial charge < -0.3 is 15.1 Å². The van der Waals surface area contributed by atoms with Gasteiger partial charge in [-0.3, -0.25) is 0 Å². The number of halogens is 1. The molecule has 4 nitrogen and oxygen atoms in total. The van der Waals surface area contributed by atoms with Crippen molar-refractivity contribution in [1.82, 2.24) is 9.80 Å². The molecule has 0 atom stereocenters. The van der Waals surface area contributed by atoms with E-state index in [4.69, 9.17) is 0 Å². The molecule has 3 rings (SSSR count). The fourth-order valence-corrected chi connectivity index (χ4v) is 3.74. The molecule has 1 fully saturated rings. The van der Waals surface area contributed by atoms with E-state index in [1.54, 1.807) is 12.1 Å². The molecular formula is C23H30FN3O. The van der Waals surface area contributed by atoms with E-state index in [1.165, 1.54) is 25.0 Å². The van der Waals surface area contributed by atoms with Crippen LogP contribution in [0.3, 0.4) is 0 Å². The van der Waals surface area contributed by atoms with Crippen LogP contribution in [0.25, 0.3) is 0 Å². The van der Waals surface area contributed by atoms with Crippen molar-refractivity contribution < 1.29 is 9.18 Å². The number of nitrogens with zero attached hydrogens (tertiary/aromatic N) is 2. The molecule has 2 aromatic rings. The topological polar surface area (TPSA) is 35.6 Å². The Morgan fingerprint density at radius 3 is 2.57 bits per heavy atom. The predicted octanol–water partition coefficient (Wildman–Crippen LogP) is 5.12. The summed E-state index contributed by atoms with van der Waals surface area (Å²) in [5.41, 5.74) is 1.59. The molecule has 0 unspecified atom stereocenters. The zero-order valence-corrected chi connectivity index (χ0v) is 16.6. The first-order valence-electron chi connectivity index (χ1n) is 10.2. The van der Waals surface area contributed by atoms with Gasteiger partial charge in [0.15, 0.2) is 0 Å². The van der Waals surface area contributed by atoms with Crippen LogP contribution in [0.5, 0.6) is 0 Å². The molecule has 0 spiro atoms. The van der Waals surface area contributed by atoms with E-state index in [2.05, 4.69) is 17.1 Å². The number of hydrogen-bond donors (Lipinski definition) is 1. The number of nitrogens with one attached hydrogen (secondary N) is 1. The number of anilines is 1. The first-order valence-corrected chi connectivity index (χ1v) is 10.2. The molecule has 0 bridgehead atoms. The second kappa shape index (κ2) is 10.2. The van der Waals surface area contributed by atoms with Crippen LogP contribution in [-0.4, -0.2) is 41.5 Å². The predicted molar refractivity (Wildman–Crippen MR) is 112 cm³/mol. The fourth-order valence-electron chi connectivity index (χ4n) is 3.74. The molecule has 5 heteroatoms. The summed E-state index contributed by atoms with van der Waals surface area (Å²) in [7, 11) is 0. The summed E-state index contributed by atoms with van der Waals surface area (Å²) in [6.45, 7) is 5.94. The summed E-state index contributed by atoms with van der Waals surface area (Å²) in [5.74, 6) is -0.350. The van der Waals surface area contributed by atoms with Crippen molar-refractivity contribution in [3.05, 3.63) is 66.0 Å². The van der Waals surface area contributed by atoms with E-state index < -0.39 is 0 Å². The third kappa shape index (κ3) is 5.80. The summed E-state index contributed by atoms with van der Waals surface area (Å²) in [6.07, 6.45) is 4.36. The van der Waals surface area contributed by atoms with Crippen molar-refractivity contribution in [2.75, 3.05) is 25.0 Å². The van der Waals surface area contributed by atoms with Gasteiger partial charge in [-0.15, -0.1) is 0 Å². The Bertz CT molecular complexity index is 745. The molecule has 28 heavy (non-hydrogen) atoms. The van der Waals surface area contributed by atoms with E-state index in [1.807, 2.05) is 35.2 Å². The lowest BCUT2D eigenvalue weighted by molar-refractivity contribution is 0.122. The normalized spacial score (nSPS) is 15.4. The highest BCUT2D eigenvalue weighted by molar-refractivity contribution is 5.89. The van der Waals surface area contributed by atoms with E-state index in [9.17, 15) is 9.18 Å². The number of piperidine rings is 1. The number of carbonyl (C=O) groups excluding carboxylic acids is 1. The van der Waals surface area contributed by atoms with Gasteiger partial charge in [-0.2, -0.15) is 0 Å². The quantitative estimate of drug-likeness (QED) is 0.720. The molecule has 1 saturated heterocycles. The molecule has 1 aliphatic heterocycles. The smallest absolute Gasteiger partial charge is 0.317 e. The van der Waals surface area contributed by atoms with Crippen molar-refractivity contribution in [3.8, 4) is 0 Å². The van der Waals surface area contributed by atoms with Gasteiger partial charge in [-0.25, -0.2) is 9.18 Å². The number of amides is 2. The van der Waals surface area contributed by atoms with Gasteiger partial charge >= 0.3 is 6.03 Å². The van der Waals surface area contributed by atoms with Crippen LogP contribution >= 0.6 is 0 Å². The lowest BCUT2D eigenvalue weighted by Gasteiger charge is -2.38. The van der Waals surface area contributed by atoms with Crippen LogP contribution in [-0.2, 0) is 6.54 Å². The standard InChI is InChI=1S/C23H30FN3O/c1-2-3-14-26-15-12-22(13-16-26)27(18-19-8-5-4-6-9-19)23(28)25-21-11-7-10-20(24)17-21/h4-11,17,22H,2-3,12-16,18H2,1H3,(H,25,28). The number of hydrogen-bond acceptors (Lipinski definition) is 2. The summed E-state index contributed by atoms with van der Waals surface area (Å²) < 4.78 is 13.5. The van der Waals surface area contributed by atoms with Crippen LogP contribution in [0.4, 0.5) is 14.9 Å². The van der Waals surface area contributed by atoms with E-state index in [0.29, 0.717) is 12.2 Å². The van der Waals surface area contributed by atoms with Crippen molar-refractivity contribution >= 4 is 11.7 Å². The molecule has 0 aliphatic carbocycles. The van der Waals surface area contributed by atoms with Crippen molar-refractivity contribution in [2.24, 2.45) is 0 Å². The third-order valence-corrected chi connectivity index (χ3v) is 5.36. The van der Waals surface area contributed by atoms with E-state index in [0.717, 1.165) is 38.0 Å². The Labute approximate surface area is 167 Å². The first kappa shape index (κ1) is 20.3. The number of urea groups is 1. The molecule has 150 valence electrons. The van der Waals surface area contributed by atoms with Crippen LogP contribution in [0.15, 0.2) is 54.6 Å². The zero-order chi connectivity index (χ0) is 19.8. The lowest BCUT2D eigenvalue weighted by Crippen LogP contribution is -2.48. The highest BCUT2D eigenvalue weighted by Crippen LogP contribution is 2.21. The highest BCUT2D eigenvalue weighted by atomic mass is 19.1. The average molecular weight is 384 g/mol. The number of likely N-dealkylation sites (tertiary alicyclic amines) is 1. The van der Waals surface area contributed by atoms with Crippen LogP contribution in [0, 0.1) is 5.82 Å². The maximum absolute atomic E-state index is 13.5. The third-order valence-electron chi connectivity index (χ3n) is 5.36. The average Bonchev–Trinajstić information content (AvgIpc) is 2.72. The van der Waals surface area contributed by atoms with Gasteiger partial charge in [0.2, 0.25) is 0 Å². The van der Waals surface area contributed by atoms with Crippen LogP contribution in [0.2, 0.25) is 0 Å². The number of rotatable bonds is 7. The van der Waals surface area contributed by atoms with Crippen molar-refractivity contribution in [1.29, 1.82) is 0 Å². The summed E-state index contributed by atoms with van der Waals surface area (Å²) in [5, 5.41) is 2.88. The Morgan fingerprint density at radius 2 is 1.89 bits per heavy atom. The number of unbranched alkanes of at least 4 members (excludes halogenated alkanes) is 1. The molecule has 2 aromatic carbocycles. The Morgan fingerprint density at radius 1 is 1.14 bits per heavy atom. The number of benzene rings is 2. The second-order valence-electron chi connectivity index (χ2n) is 7.48. The molecule has 1 N–H and O–H groups in total. The minimum Gasteiger partial charge on any atom is -0.317 e. The molecule has 0 saturated carbocycles. The molecular weight excluding hydrogens is 353 g/mol. The van der Waals surface area contributed by atoms with Gasteiger partial charge in [0.05, 0.1) is 0 Å². The van der Waals surface area contributed by atoms with Gasteiger partial charge in [0.25, 0.3) is 0 Å². The van der Waals surface area contributed by atoms with Crippen LogP contribution < -0.4 is 5.32 Å². The molecule has 1 aliphatic rings. The van der Waals surface area contributed by atoms with Gasteiger partial charge in [-0.05, 0) is 49.6 Å². The summed E-state index contributed by atoms with van der Waals surface area (Å²) >= 11 is 0. The molecule has 2 amide bonds. The van der Waals surface area contributed by atoms with E-state index >= 15 is 0 Å². The SMILES string of the molecule is CCCCN1CCC(N(Cc2ccccc2)C(=O)Nc2cccc(F)c2)CC1. The molecule has 0 radical (unpaired) electrons. The Hall–Kier alpha value is -2.40. The molecule has 0 aromatic heterocycles. The van der Waals surface area contributed by atoms with Crippen LogP contribution in [0.1, 0.15) is 38.2 Å². The maximum atomic E-state index is 13.5. The van der Waals surface area contributed by atoms with Gasteiger partial charge in [0, 0.05) is 31.4 Å². The monoisotopic (exact) mass is 383 g/mol. The fraction of sp³-hybridized carbons (Fsp3) is 0.435. The maximum Gasteiger partial charge on any atom is 0.322 e. The summed E-state index contributed by atoms with van der Waals surface area (Å²) in [4.78, 5) is 17.5. The van der Waals surface area contributed by atoms with Gasteiger partial charge in [-0.1, -0.05) is 49.7 Å². The first-order chi connectivity index (χ1) is 13.7. The minimum absolute atomic E-state index is 0.165. The minimum atomic E-state index is -0.350. The Kier molecular flexibility index (Phi) is 7.43. The summed E-state index contributed by atoms with van der Waals surface area (Å²) in [6, 6.07) is 16.1. The lowest BCUT2D eigenvalue weighted by atomic mass is 10.0. The largest absolute Gasteiger partial charge is 0.322 e. The number of carbonyl (C=O) groups is 1. The second-order valence-corrected chi connectivity index (χ2v) is 7.48. The van der Waals surface area contributed by atoms with Crippen molar-refractivity contribution in [3.63, 3.8) is 0 Å². The van der Waals surface area contributed by atoms with E-state index in [-0.39, 0.29) is 17.9 Å².